The lowest BCUT2D eigenvalue weighted by Gasteiger charge is -2.31. The molecule has 1 spiro atoms. The molecule has 0 unspecified atom stereocenters. The molecule has 3 aliphatic rings. The maximum absolute atomic E-state index is 13.8. The molecule has 166 valence electrons. The number of non-ortho nitro benzene ring substituents is 1. The number of methoxy groups -OCH3 is 1. The number of rotatable bonds is 3. The first-order valence-electron chi connectivity index (χ1n) is 10.1. The van der Waals surface area contributed by atoms with E-state index in [9.17, 15) is 29.3 Å². The molecule has 33 heavy (non-hydrogen) atoms. The highest BCUT2D eigenvalue weighted by molar-refractivity contribution is 6.29. The number of carbonyl (C=O) groups excluding carboxylic acids is 4. The molecule has 3 atom stereocenters. The number of nitro groups is 1. The van der Waals surface area contributed by atoms with Crippen molar-refractivity contribution < 1.29 is 28.8 Å². The Hall–Kier alpha value is -4.34. The number of likely N-dealkylation sites (N-methyl/N-ethyl adjacent to an activating group) is 1. The number of fused-ring (bicyclic) bond motifs is 4. The monoisotopic (exact) mass is 447 g/mol. The first-order chi connectivity index (χ1) is 15.7. The quantitative estimate of drug-likeness (QED) is 0.303. The molecule has 2 heterocycles. The van der Waals surface area contributed by atoms with Gasteiger partial charge in [0.1, 0.15) is 5.41 Å². The summed E-state index contributed by atoms with van der Waals surface area (Å²) in [5.41, 5.74) is -1.59. The van der Waals surface area contributed by atoms with Gasteiger partial charge in [-0.25, -0.2) is 9.69 Å². The van der Waals surface area contributed by atoms with Gasteiger partial charge in [-0.2, -0.15) is 0 Å². The number of benzene rings is 2. The lowest BCUT2D eigenvalue weighted by molar-refractivity contribution is -0.384. The zero-order valence-electron chi connectivity index (χ0n) is 17.6. The third-order valence-corrected chi connectivity index (χ3v) is 6.63. The minimum atomic E-state index is -1.91. The van der Waals surface area contributed by atoms with Gasteiger partial charge in [0, 0.05) is 30.4 Å². The Labute approximate surface area is 187 Å². The van der Waals surface area contributed by atoms with E-state index < -0.39 is 45.9 Å². The normalized spacial score (nSPS) is 25.4. The van der Waals surface area contributed by atoms with E-state index >= 15 is 0 Å². The SMILES string of the molecule is COC(=O)C1=C[C@@H]2C(=O)N(c3ccccc3)C(=O)[C@@H]2[C@]12C(=O)N(C)c1ccc([N+](=O)[O-])cc12. The van der Waals surface area contributed by atoms with Crippen molar-refractivity contribution in [2.45, 2.75) is 5.41 Å². The van der Waals surface area contributed by atoms with Gasteiger partial charge < -0.3 is 9.64 Å². The van der Waals surface area contributed by atoms with Crippen molar-refractivity contribution in [3.05, 3.63) is 75.9 Å². The Kier molecular flexibility index (Phi) is 4.25. The van der Waals surface area contributed by atoms with Crippen LogP contribution in [0, 0.1) is 22.0 Å². The smallest absolute Gasteiger partial charge is 0.334 e. The van der Waals surface area contributed by atoms with Gasteiger partial charge in [0.15, 0.2) is 0 Å². The zero-order valence-corrected chi connectivity index (χ0v) is 17.6. The summed E-state index contributed by atoms with van der Waals surface area (Å²) in [6, 6.07) is 12.1. The van der Waals surface area contributed by atoms with Crippen LogP contribution >= 0.6 is 0 Å². The van der Waals surface area contributed by atoms with Gasteiger partial charge in [-0.05, 0) is 18.2 Å². The van der Waals surface area contributed by atoms with Gasteiger partial charge in [-0.1, -0.05) is 24.3 Å². The molecule has 2 aliphatic heterocycles. The first-order valence-corrected chi connectivity index (χ1v) is 10.1. The van der Waals surface area contributed by atoms with Crippen molar-refractivity contribution in [1.29, 1.82) is 0 Å². The Morgan fingerprint density at radius 1 is 1.09 bits per heavy atom. The topological polar surface area (TPSA) is 127 Å². The number of imide groups is 1. The van der Waals surface area contributed by atoms with E-state index in [1.165, 1.54) is 36.2 Å². The second-order valence-electron chi connectivity index (χ2n) is 8.05. The van der Waals surface area contributed by atoms with Crippen LogP contribution < -0.4 is 9.80 Å². The van der Waals surface area contributed by atoms with Crippen molar-refractivity contribution in [2.24, 2.45) is 11.8 Å². The third kappa shape index (κ3) is 2.43. The summed E-state index contributed by atoms with van der Waals surface area (Å²) in [7, 11) is 2.59. The summed E-state index contributed by atoms with van der Waals surface area (Å²) in [4.78, 5) is 66.8. The molecule has 1 fully saturated rings. The maximum atomic E-state index is 13.8. The number of esters is 1. The van der Waals surface area contributed by atoms with Crippen LogP contribution in [-0.2, 0) is 29.3 Å². The fraction of sp³-hybridized carbons (Fsp3) is 0.217. The fourth-order valence-electron chi connectivity index (χ4n) is 5.26. The molecule has 10 heteroatoms. The second kappa shape index (κ2) is 6.83. The summed E-state index contributed by atoms with van der Waals surface area (Å²) in [6.45, 7) is 0. The number of hydrogen-bond acceptors (Lipinski definition) is 7. The van der Waals surface area contributed by atoms with E-state index in [1.807, 2.05) is 0 Å². The van der Waals surface area contributed by atoms with Gasteiger partial charge in [0.2, 0.25) is 17.7 Å². The Bertz CT molecular complexity index is 1300. The van der Waals surface area contributed by atoms with Crippen molar-refractivity contribution in [2.75, 3.05) is 24.0 Å². The van der Waals surface area contributed by atoms with Crippen LogP contribution in [0.25, 0.3) is 0 Å². The Morgan fingerprint density at radius 2 is 1.79 bits per heavy atom. The van der Waals surface area contributed by atoms with Gasteiger partial charge in [0.25, 0.3) is 5.69 Å². The summed E-state index contributed by atoms with van der Waals surface area (Å²) in [6.07, 6.45) is 1.30. The molecule has 1 saturated heterocycles. The van der Waals surface area contributed by atoms with Crippen LogP contribution in [0.2, 0.25) is 0 Å². The number of carbonyl (C=O) groups is 4. The number of anilines is 2. The number of nitrogens with zero attached hydrogens (tertiary/aromatic N) is 3. The molecule has 0 bridgehead atoms. The highest BCUT2D eigenvalue weighted by atomic mass is 16.6. The van der Waals surface area contributed by atoms with Crippen LogP contribution in [0.3, 0.4) is 0 Å². The predicted molar refractivity (Wildman–Crippen MR) is 114 cm³/mol. The van der Waals surface area contributed by atoms with Crippen LogP contribution in [0.1, 0.15) is 5.56 Å². The first kappa shape index (κ1) is 20.6. The second-order valence-corrected chi connectivity index (χ2v) is 8.05. The Morgan fingerprint density at radius 3 is 2.42 bits per heavy atom. The van der Waals surface area contributed by atoms with E-state index in [0.717, 1.165) is 12.0 Å². The third-order valence-electron chi connectivity index (χ3n) is 6.63. The molecule has 10 nitrogen and oxygen atoms in total. The van der Waals surface area contributed by atoms with Gasteiger partial charge >= 0.3 is 5.97 Å². The van der Waals surface area contributed by atoms with E-state index in [0.29, 0.717) is 11.4 Å². The highest BCUT2D eigenvalue weighted by Crippen LogP contribution is 2.60. The lowest BCUT2D eigenvalue weighted by Crippen LogP contribution is -2.49. The average Bonchev–Trinajstić information content (AvgIpc) is 3.38. The average molecular weight is 447 g/mol. The molecule has 5 rings (SSSR count). The van der Waals surface area contributed by atoms with Gasteiger partial charge in [0.05, 0.1) is 35.1 Å². The van der Waals surface area contributed by atoms with Crippen LogP contribution in [0.5, 0.6) is 0 Å². The molecule has 1 aliphatic carbocycles. The van der Waals surface area contributed by atoms with Crippen molar-refractivity contribution in [1.82, 2.24) is 0 Å². The summed E-state index contributed by atoms with van der Waals surface area (Å²) < 4.78 is 4.90. The maximum Gasteiger partial charge on any atom is 0.334 e. The largest absolute Gasteiger partial charge is 0.466 e. The summed E-state index contributed by atoms with van der Waals surface area (Å²) >= 11 is 0. The van der Waals surface area contributed by atoms with Gasteiger partial charge in [-0.15, -0.1) is 0 Å². The highest BCUT2D eigenvalue weighted by Gasteiger charge is 2.71. The van der Waals surface area contributed by atoms with Crippen LogP contribution in [-0.4, -0.2) is 42.8 Å². The lowest BCUT2D eigenvalue weighted by atomic mass is 9.67. The minimum absolute atomic E-state index is 0.129. The molecular formula is C23H17N3O7. The summed E-state index contributed by atoms with van der Waals surface area (Å²) in [5, 5.41) is 11.5. The summed E-state index contributed by atoms with van der Waals surface area (Å²) in [5.74, 6) is -5.13. The van der Waals surface area contributed by atoms with E-state index in [-0.39, 0.29) is 16.8 Å². The molecule has 2 aromatic rings. The predicted octanol–water partition coefficient (Wildman–Crippen LogP) is 1.73. The molecular weight excluding hydrogens is 430 g/mol. The fourth-order valence-corrected chi connectivity index (χ4v) is 5.26. The number of nitro benzene ring substituents is 1. The van der Waals surface area contributed by atoms with Crippen LogP contribution in [0.4, 0.5) is 17.1 Å². The molecule has 0 radical (unpaired) electrons. The Balaban J connectivity index is 1.79. The van der Waals surface area contributed by atoms with Crippen molar-refractivity contribution >= 4 is 40.8 Å². The van der Waals surface area contributed by atoms with Crippen LogP contribution in [0.15, 0.2) is 60.2 Å². The molecule has 0 saturated carbocycles. The van der Waals surface area contributed by atoms with E-state index in [4.69, 9.17) is 4.74 Å². The van der Waals surface area contributed by atoms with Gasteiger partial charge in [-0.3, -0.25) is 24.5 Å². The zero-order chi connectivity index (χ0) is 23.7. The van der Waals surface area contributed by atoms with E-state index in [1.54, 1.807) is 30.3 Å². The molecule has 3 amide bonds. The number of para-hydroxylation sites is 1. The van der Waals surface area contributed by atoms with Crippen molar-refractivity contribution in [3.8, 4) is 0 Å². The van der Waals surface area contributed by atoms with Crippen molar-refractivity contribution in [3.63, 3.8) is 0 Å². The van der Waals surface area contributed by atoms with E-state index in [2.05, 4.69) is 0 Å². The molecule has 0 N–H and O–H groups in total. The molecule has 0 aromatic heterocycles. The number of hydrogen-bond donors (Lipinski definition) is 0. The number of ether oxygens (including phenoxy) is 1. The molecule has 2 aromatic carbocycles. The minimum Gasteiger partial charge on any atom is -0.466 e. The number of amides is 3. The standard InChI is InChI=1S/C23H17N3O7/c1-24-17-9-8-13(26(31)32)10-15(17)23(22(24)30)16(21(29)33-2)11-14-18(23)20(28)25(19(14)27)12-6-4-3-5-7-12/h3-11,14,18H,1-2H3/t14-,18+,23+/m0/s1.